The van der Waals surface area contributed by atoms with E-state index >= 15 is 0 Å². The smallest absolute Gasteiger partial charge is 0.151 e. The minimum absolute atomic E-state index is 0.422. The molecule has 2 aromatic rings. The molecule has 0 N–H and O–H groups in total. The van der Waals surface area contributed by atoms with Crippen LogP contribution in [0.3, 0.4) is 0 Å². The minimum atomic E-state index is -0.422. The molecule has 2 rings (SSSR count). The van der Waals surface area contributed by atoms with Crippen molar-refractivity contribution in [1.29, 1.82) is 0 Å². The summed E-state index contributed by atoms with van der Waals surface area (Å²) in [5.41, 5.74) is 1.15. The molecule has 0 heterocycles. The lowest BCUT2D eigenvalue weighted by atomic mass is 10.1. The van der Waals surface area contributed by atoms with E-state index in [-0.39, 0.29) is 0 Å². The molecular formula is C26H34OS2. The molecule has 1 atom stereocenters. The maximum absolute atomic E-state index is 6.14. The van der Waals surface area contributed by atoms with Gasteiger partial charge in [-0.25, -0.2) is 0 Å². The van der Waals surface area contributed by atoms with E-state index in [0.29, 0.717) is 0 Å². The van der Waals surface area contributed by atoms with Crippen molar-refractivity contribution >= 4 is 23.5 Å². The van der Waals surface area contributed by atoms with Crippen LogP contribution in [0.4, 0.5) is 0 Å². The minimum Gasteiger partial charge on any atom is -0.497 e. The Morgan fingerprint density at radius 1 is 0.862 bits per heavy atom. The van der Waals surface area contributed by atoms with Crippen LogP contribution in [0.1, 0.15) is 63.9 Å². The van der Waals surface area contributed by atoms with Crippen LogP contribution < -0.4 is 4.74 Å². The quantitative estimate of drug-likeness (QED) is 0.130. The lowest BCUT2D eigenvalue weighted by molar-refractivity contribution is 0.414. The van der Waals surface area contributed by atoms with E-state index in [9.17, 15) is 0 Å². The van der Waals surface area contributed by atoms with Gasteiger partial charge in [-0.15, -0.1) is 18.2 Å². The standard InChI is InChI=1S/C26H34OS2/c1-4-6-7-8-9-10-11-15-22-28-26(5-2,29-25-16-13-12-14-17-25)23-18-20-24(27-3)21-19-23/h2,12-14,16-21H,4,6-11,15,22H2,1,3H3. The summed E-state index contributed by atoms with van der Waals surface area (Å²) in [6.45, 7) is 2.27. The van der Waals surface area contributed by atoms with Crippen LogP contribution >= 0.6 is 23.5 Å². The van der Waals surface area contributed by atoms with E-state index in [2.05, 4.69) is 49.2 Å². The number of hydrogen-bond acceptors (Lipinski definition) is 3. The van der Waals surface area contributed by atoms with Gasteiger partial charge in [0.1, 0.15) is 5.75 Å². The fourth-order valence-electron chi connectivity index (χ4n) is 3.24. The predicted octanol–water partition coefficient (Wildman–Crippen LogP) is 8.15. The van der Waals surface area contributed by atoms with Gasteiger partial charge in [0.2, 0.25) is 0 Å². The van der Waals surface area contributed by atoms with Crippen LogP contribution in [-0.4, -0.2) is 12.9 Å². The Morgan fingerprint density at radius 3 is 2.07 bits per heavy atom. The summed E-state index contributed by atoms with van der Waals surface area (Å²) in [5.74, 6) is 5.06. The molecule has 3 heteroatoms. The van der Waals surface area contributed by atoms with Crippen LogP contribution in [0.2, 0.25) is 0 Å². The number of terminal acetylenes is 1. The van der Waals surface area contributed by atoms with Gasteiger partial charge in [-0.05, 0) is 42.0 Å². The molecule has 29 heavy (non-hydrogen) atoms. The third kappa shape index (κ3) is 8.03. The topological polar surface area (TPSA) is 9.23 Å². The van der Waals surface area contributed by atoms with Gasteiger partial charge in [0.05, 0.1) is 7.11 Å². The van der Waals surface area contributed by atoms with Crippen molar-refractivity contribution in [1.82, 2.24) is 0 Å². The first-order chi connectivity index (χ1) is 14.2. The van der Waals surface area contributed by atoms with Gasteiger partial charge in [0, 0.05) is 4.90 Å². The summed E-state index contributed by atoms with van der Waals surface area (Å²) in [4.78, 5) is 1.20. The van der Waals surface area contributed by atoms with E-state index < -0.39 is 4.08 Å². The summed E-state index contributed by atoms with van der Waals surface area (Å²) in [5, 5.41) is 0. The molecule has 0 fully saturated rings. The molecule has 0 saturated carbocycles. The van der Waals surface area contributed by atoms with Gasteiger partial charge in [-0.1, -0.05) is 99.9 Å². The van der Waals surface area contributed by atoms with Crippen LogP contribution in [0.15, 0.2) is 59.5 Å². The highest BCUT2D eigenvalue weighted by Gasteiger charge is 2.32. The number of benzene rings is 2. The zero-order chi connectivity index (χ0) is 20.8. The molecule has 0 aromatic heterocycles. The van der Waals surface area contributed by atoms with E-state index in [1.165, 1.54) is 56.3 Å². The van der Waals surface area contributed by atoms with Crippen molar-refractivity contribution in [2.24, 2.45) is 0 Å². The van der Waals surface area contributed by atoms with Crippen molar-refractivity contribution in [2.45, 2.75) is 67.3 Å². The average molecular weight is 427 g/mol. The molecule has 0 spiro atoms. The third-order valence-corrected chi connectivity index (χ3v) is 7.97. The molecule has 0 radical (unpaired) electrons. The van der Waals surface area contributed by atoms with Crippen molar-refractivity contribution in [3.63, 3.8) is 0 Å². The van der Waals surface area contributed by atoms with Gasteiger partial charge in [0.15, 0.2) is 4.08 Å². The summed E-state index contributed by atoms with van der Waals surface area (Å²) in [6.07, 6.45) is 16.8. The second kappa shape index (κ2) is 13.7. The Balaban J connectivity index is 1.98. The molecule has 0 aliphatic carbocycles. The highest BCUT2D eigenvalue weighted by atomic mass is 32.2. The van der Waals surface area contributed by atoms with Gasteiger partial charge >= 0.3 is 0 Å². The highest BCUT2D eigenvalue weighted by molar-refractivity contribution is 8.17. The Bertz CT molecular complexity index is 721. The number of thioether (sulfide) groups is 2. The Labute approximate surface area is 186 Å². The molecule has 0 aliphatic heterocycles. The number of ether oxygens (including phenoxy) is 1. The molecular weight excluding hydrogens is 392 g/mol. The first-order valence-electron chi connectivity index (χ1n) is 10.7. The van der Waals surface area contributed by atoms with Crippen molar-refractivity contribution < 1.29 is 4.74 Å². The molecule has 1 nitrogen and oxygen atoms in total. The average Bonchev–Trinajstić information content (AvgIpc) is 2.78. The Kier molecular flexibility index (Phi) is 11.2. The summed E-state index contributed by atoms with van der Waals surface area (Å²) in [7, 11) is 1.69. The second-order valence-corrected chi connectivity index (χ2v) is 10.1. The lowest BCUT2D eigenvalue weighted by Crippen LogP contribution is -2.16. The van der Waals surface area contributed by atoms with Crippen molar-refractivity contribution in [2.75, 3.05) is 12.9 Å². The summed E-state index contributed by atoms with van der Waals surface area (Å²) in [6, 6.07) is 18.7. The molecule has 2 aromatic carbocycles. The molecule has 1 unspecified atom stereocenters. The second-order valence-electron chi connectivity index (χ2n) is 7.23. The van der Waals surface area contributed by atoms with E-state index in [4.69, 9.17) is 11.2 Å². The number of hydrogen-bond donors (Lipinski definition) is 0. The van der Waals surface area contributed by atoms with Crippen molar-refractivity contribution in [3.05, 3.63) is 60.2 Å². The first kappa shape index (κ1) is 23.8. The maximum atomic E-state index is 6.14. The Hall–Kier alpha value is -1.50. The van der Waals surface area contributed by atoms with Gasteiger partial charge in [0.25, 0.3) is 0 Å². The van der Waals surface area contributed by atoms with E-state index in [1.807, 2.05) is 30.0 Å². The number of rotatable bonds is 14. The fourth-order valence-corrected chi connectivity index (χ4v) is 5.98. The zero-order valence-corrected chi connectivity index (χ0v) is 19.5. The highest BCUT2D eigenvalue weighted by Crippen LogP contribution is 2.50. The third-order valence-electron chi connectivity index (χ3n) is 4.97. The van der Waals surface area contributed by atoms with E-state index in [1.54, 1.807) is 18.9 Å². The largest absolute Gasteiger partial charge is 0.497 e. The van der Waals surface area contributed by atoms with Gasteiger partial charge in [-0.3, -0.25) is 0 Å². The normalized spacial score (nSPS) is 12.9. The maximum Gasteiger partial charge on any atom is 0.151 e. The molecule has 0 amide bonds. The monoisotopic (exact) mass is 426 g/mol. The number of methoxy groups -OCH3 is 1. The molecule has 0 saturated heterocycles. The van der Waals surface area contributed by atoms with Crippen molar-refractivity contribution in [3.8, 4) is 18.1 Å². The summed E-state index contributed by atoms with van der Waals surface area (Å²) < 4.78 is 4.91. The zero-order valence-electron chi connectivity index (χ0n) is 17.9. The van der Waals surface area contributed by atoms with Crippen LogP contribution in [-0.2, 0) is 4.08 Å². The lowest BCUT2D eigenvalue weighted by Gasteiger charge is -2.28. The van der Waals surface area contributed by atoms with Crippen LogP contribution in [0.5, 0.6) is 5.75 Å². The van der Waals surface area contributed by atoms with Gasteiger partial charge in [-0.2, -0.15) is 0 Å². The van der Waals surface area contributed by atoms with Crippen LogP contribution in [0.25, 0.3) is 0 Å². The predicted molar refractivity (Wildman–Crippen MR) is 131 cm³/mol. The van der Waals surface area contributed by atoms with E-state index in [0.717, 1.165) is 17.1 Å². The Morgan fingerprint density at radius 2 is 1.48 bits per heavy atom. The fraction of sp³-hybridized carbons (Fsp3) is 0.462. The molecule has 0 bridgehead atoms. The van der Waals surface area contributed by atoms with Crippen LogP contribution in [0, 0.1) is 12.3 Å². The SMILES string of the molecule is C#CC(SCCCCCCCCCC)(Sc1ccccc1)c1ccc(OC)cc1. The van der Waals surface area contributed by atoms with Gasteiger partial charge < -0.3 is 4.74 Å². The first-order valence-corrected chi connectivity index (χ1v) is 12.5. The molecule has 156 valence electrons. The number of unbranched alkanes of at least 4 members (excludes halogenated alkanes) is 7. The summed E-state index contributed by atoms with van der Waals surface area (Å²) >= 11 is 3.65. The molecule has 0 aliphatic rings.